The maximum Gasteiger partial charge on any atom is 0.262 e. The lowest BCUT2D eigenvalue weighted by molar-refractivity contribution is -0.0932. The van der Waals surface area contributed by atoms with Crippen LogP contribution in [0.25, 0.3) is 0 Å². The quantitative estimate of drug-likeness (QED) is 0.272. The fourth-order valence-corrected chi connectivity index (χ4v) is 11.0. The second kappa shape index (κ2) is 13.9. The first-order valence-electron chi connectivity index (χ1n) is 18.5. The molecule has 1 saturated carbocycles. The molecular formula is C40H54ClN3O4S. The number of aryl methyl sites for hydroxylation is 1. The zero-order valence-corrected chi connectivity index (χ0v) is 31.1. The van der Waals surface area contributed by atoms with E-state index < -0.39 is 15.3 Å². The first-order chi connectivity index (χ1) is 23.5. The van der Waals surface area contributed by atoms with Gasteiger partial charge in [0.25, 0.3) is 5.91 Å². The third-order valence-electron chi connectivity index (χ3n) is 12.7. The van der Waals surface area contributed by atoms with Gasteiger partial charge >= 0.3 is 0 Å². The van der Waals surface area contributed by atoms with E-state index in [0.29, 0.717) is 24.0 Å². The Morgan fingerprint density at radius 2 is 1.92 bits per heavy atom. The molecular weight excluding hydrogens is 654 g/mol. The summed E-state index contributed by atoms with van der Waals surface area (Å²) in [4.78, 5) is 18.9. The number of nitrogens with one attached hydrogen (secondary N) is 1. The number of halogens is 1. The fourth-order valence-electron chi connectivity index (χ4n) is 9.37. The predicted octanol–water partition coefficient (Wildman–Crippen LogP) is 7.06. The van der Waals surface area contributed by atoms with Gasteiger partial charge in [-0.3, -0.25) is 9.52 Å². The van der Waals surface area contributed by atoms with E-state index in [-0.39, 0.29) is 22.5 Å². The lowest BCUT2D eigenvalue weighted by Crippen LogP contribution is -2.57. The molecule has 2 bridgehead atoms. The van der Waals surface area contributed by atoms with Crippen molar-refractivity contribution in [2.24, 2.45) is 17.8 Å². The third-order valence-corrected chi connectivity index (χ3v) is 15.1. The summed E-state index contributed by atoms with van der Waals surface area (Å²) in [7, 11) is -1.04. The van der Waals surface area contributed by atoms with Gasteiger partial charge in [0.2, 0.25) is 0 Å². The van der Waals surface area contributed by atoms with E-state index in [9.17, 15) is 9.00 Å². The zero-order chi connectivity index (χ0) is 34.4. The van der Waals surface area contributed by atoms with Crippen molar-refractivity contribution in [3.05, 3.63) is 70.3 Å². The molecule has 3 aliphatic heterocycles. The molecule has 1 saturated heterocycles. The van der Waals surface area contributed by atoms with Gasteiger partial charge in [-0.25, -0.2) is 4.21 Å². The van der Waals surface area contributed by atoms with E-state index in [1.54, 1.807) is 6.07 Å². The number of benzene rings is 2. The highest BCUT2D eigenvalue weighted by atomic mass is 35.5. The first kappa shape index (κ1) is 34.9. The summed E-state index contributed by atoms with van der Waals surface area (Å²) in [5.74, 6) is 5.30. The number of carbonyl (C=O) groups excluding carboxylic acids is 1. The largest absolute Gasteiger partial charge is 0.490 e. The highest BCUT2D eigenvalue weighted by molar-refractivity contribution is 7.99. The number of allylic oxidation sites excluding steroid dienone is 1. The molecule has 2 aromatic rings. The van der Waals surface area contributed by atoms with Crippen LogP contribution < -0.4 is 14.4 Å². The molecule has 49 heavy (non-hydrogen) atoms. The summed E-state index contributed by atoms with van der Waals surface area (Å²) in [6.07, 6.45) is 14.5. The van der Waals surface area contributed by atoms with Gasteiger partial charge in [0.05, 0.1) is 22.0 Å². The standard InChI is InChI=1S/C40H54ClN3O4S/c1-28-10-8-19-40(47-3,26-43-20-6-5-7-21-43)35-15-12-32(35)24-44-25-39(18-9-11-30-22-33(41)14-16-34(30)39)27-48-37-17-13-31(23-36(37)44)38(45)42-49(4,46)29(28)2/h8,13-14,16-17,19,22-23,28-29,32,35H,4-7,9-12,15,18,20-21,24-27H2,1-3H3,(H,42,45,46)/b19-8+/t28-,29+,32-,35+,39-,40+,49?/m0/s1. The predicted molar refractivity (Wildman–Crippen MR) is 202 cm³/mol. The molecule has 2 aromatic carbocycles. The van der Waals surface area contributed by atoms with E-state index in [0.717, 1.165) is 87.7 Å². The molecule has 7 nitrogen and oxygen atoms in total. The third kappa shape index (κ3) is 6.80. The van der Waals surface area contributed by atoms with E-state index in [4.69, 9.17) is 21.1 Å². The zero-order valence-electron chi connectivity index (χ0n) is 29.6. The fraction of sp³-hybridized carbons (Fsp3) is 0.600. The number of fused-ring (bicyclic) bond motifs is 4. The van der Waals surface area contributed by atoms with Crippen molar-refractivity contribution in [2.75, 3.05) is 51.3 Å². The van der Waals surface area contributed by atoms with Gasteiger partial charge < -0.3 is 19.3 Å². The number of likely N-dealkylation sites (tertiary alicyclic amines) is 1. The van der Waals surface area contributed by atoms with Crippen LogP contribution in [0.15, 0.2) is 48.6 Å². The number of ether oxygens (including phenoxy) is 2. The van der Waals surface area contributed by atoms with Crippen LogP contribution in [0.3, 0.4) is 0 Å². The van der Waals surface area contributed by atoms with Crippen molar-refractivity contribution >= 4 is 38.8 Å². The molecule has 9 heteroatoms. The first-order valence-corrected chi connectivity index (χ1v) is 20.6. The number of methoxy groups -OCH3 is 1. The molecule has 7 rings (SSSR count). The average Bonchev–Trinajstić information content (AvgIpc) is 3.22. The molecule has 1 N–H and O–H groups in total. The van der Waals surface area contributed by atoms with E-state index >= 15 is 0 Å². The van der Waals surface area contributed by atoms with Crippen molar-refractivity contribution < 1.29 is 18.5 Å². The molecule has 0 radical (unpaired) electrons. The Morgan fingerprint density at radius 3 is 2.67 bits per heavy atom. The van der Waals surface area contributed by atoms with Crippen molar-refractivity contribution in [2.45, 2.75) is 87.9 Å². The number of anilines is 1. The van der Waals surface area contributed by atoms with Crippen LogP contribution in [-0.2, 0) is 26.3 Å². The minimum atomic E-state index is -2.93. The SMILES string of the molecule is C=S1(=O)NC(=O)c2ccc3c(c2)N(C[C@@H]2CC[C@H]2[C@@](CN2CCCCC2)(OC)/C=C/C[C@H](C)[C@H]1C)C[C@@]1(CCCc2cc(Cl)ccc21)CO3. The number of amides is 1. The molecule has 266 valence electrons. The Balaban J connectivity index is 1.32. The van der Waals surface area contributed by atoms with Crippen molar-refractivity contribution in [3.8, 4) is 5.75 Å². The lowest BCUT2D eigenvalue weighted by Gasteiger charge is -2.52. The number of hydrogen-bond donors (Lipinski definition) is 1. The molecule has 2 fully saturated rings. The van der Waals surface area contributed by atoms with Gasteiger partial charge in [0.1, 0.15) is 11.4 Å². The number of carbonyl (C=O) groups is 1. The van der Waals surface area contributed by atoms with E-state index in [1.165, 1.54) is 30.4 Å². The second-order valence-electron chi connectivity index (χ2n) is 15.7. The molecule has 3 heterocycles. The van der Waals surface area contributed by atoms with Crippen LogP contribution in [-0.4, -0.2) is 78.2 Å². The van der Waals surface area contributed by atoms with Gasteiger partial charge in [-0.05, 0) is 136 Å². The number of nitrogens with zero attached hydrogens (tertiary/aromatic N) is 2. The normalized spacial score (nSPS) is 36.0. The van der Waals surface area contributed by atoms with Gasteiger partial charge in [0.15, 0.2) is 0 Å². The van der Waals surface area contributed by atoms with Crippen molar-refractivity contribution in [3.63, 3.8) is 0 Å². The Morgan fingerprint density at radius 1 is 1.10 bits per heavy atom. The van der Waals surface area contributed by atoms with Crippen LogP contribution in [0.4, 0.5) is 5.69 Å². The summed E-state index contributed by atoms with van der Waals surface area (Å²) in [5, 5.41) is 0.458. The average molecular weight is 708 g/mol. The maximum atomic E-state index is 14.0. The number of piperidine rings is 1. The molecule has 1 unspecified atom stereocenters. The van der Waals surface area contributed by atoms with Crippen molar-refractivity contribution in [1.82, 2.24) is 9.62 Å². The minimum Gasteiger partial charge on any atom is -0.490 e. The second-order valence-corrected chi connectivity index (χ2v) is 18.5. The highest BCUT2D eigenvalue weighted by Crippen LogP contribution is 2.49. The Hall–Kier alpha value is -2.52. The van der Waals surface area contributed by atoms with Crippen molar-refractivity contribution in [1.29, 1.82) is 0 Å². The van der Waals surface area contributed by atoms with E-state index in [2.05, 4.69) is 51.6 Å². The Labute approximate surface area is 298 Å². The lowest BCUT2D eigenvalue weighted by atomic mass is 9.63. The van der Waals surface area contributed by atoms with E-state index in [1.807, 2.05) is 32.2 Å². The molecule has 1 spiro atoms. The summed E-state index contributed by atoms with van der Waals surface area (Å²) < 4.78 is 30.2. The summed E-state index contributed by atoms with van der Waals surface area (Å²) in [5.41, 5.74) is 3.41. The molecule has 7 atom stereocenters. The maximum absolute atomic E-state index is 14.0. The molecule has 2 aliphatic carbocycles. The number of rotatable bonds is 3. The molecule has 1 amide bonds. The minimum absolute atomic E-state index is 0.0524. The smallest absolute Gasteiger partial charge is 0.262 e. The Bertz CT molecular complexity index is 1690. The van der Waals surface area contributed by atoms with Crippen LogP contribution >= 0.6 is 11.6 Å². The van der Waals surface area contributed by atoms with Gasteiger partial charge in [0, 0.05) is 48.0 Å². The molecule has 0 aromatic heterocycles. The van der Waals surface area contributed by atoms with Crippen LogP contribution in [0.1, 0.15) is 86.7 Å². The van der Waals surface area contributed by atoms with Gasteiger partial charge in [-0.2, -0.15) is 0 Å². The van der Waals surface area contributed by atoms with Crippen LogP contribution in [0.2, 0.25) is 5.02 Å². The monoisotopic (exact) mass is 707 g/mol. The molecule has 5 aliphatic rings. The summed E-state index contributed by atoms with van der Waals surface area (Å²) >= 11 is 6.50. The van der Waals surface area contributed by atoms with Crippen LogP contribution in [0.5, 0.6) is 5.75 Å². The van der Waals surface area contributed by atoms with Gasteiger partial charge in [-0.1, -0.05) is 43.2 Å². The number of hydrogen-bond acceptors (Lipinski definition) is 6. The van der Waals surface area contributed by atoms with Crippen LogP contribution in [0, 0.1) is 17.8 Å². The summed E-state index contributed by atoms with van der Waals surface area (Å²) in [6, 6.07) is 12.0. The topological polar surface area (TPSA) is 71.1 Å². The Kier molecular flexibility index (Phi) is 9.90. The highest BCUT2D eigenvalue weighted by Gasteiger charge is 2.49. The summed E-state index contributed by atoms with van der Waals surface area (Å²) in [6.45, 7) is 9.34. The van der Waals surface area contributed by atoms with Gasteiger partial charge in [-0.15, -0.1) is 0 Å².